The molecule has 1 aromatic heterocycles. The van der Waals surface area contributed by atoms with Gasteiger partial charge in [0, 0.05) is 22.6 Å². The normalized spacial score (nSPS) is 10.8. The van der Waals surface area contributed by atoms with Crippen molar-refractivity contribution in [3.8, 4) is 5.69 Å². The highest BCUT2D eigenvalue weighted by atomic mass is 35.5. The highest BCUT2D eigenvalue weighted by Gasteiger charge is 2.19. The van der Waals surface area contributed by atoms with Crippen molar-refractivity contribution in [2.24, 2.45) is 0 Å². The van der Waals surface area contributed by atoms with Gasteiger partial charge in [0.15, 0.2) is 6.61 Å². The first-order valence-corrected chi connectivity index (χ1v) is 9.38. The standard InChI is InChI=1S/C23H22ClNO3/c1-14-9-15(2)11-18(10-14)25-16(3)12-20(17(25)4)22(26)13-28-23(27)19-7-5-6-8-21(19)24/h5-12H,13H2,1-4H3. The minimum absolute atomic E-state index is 0.246. The maximum atomic E-state index is 12.7. The maximum Gasteiger partial charge on any atom is 0.340 e. The van der Waals surface area contributed by atoms with Crippen LogP contribution in [-0.2, 0) is 4.74 Å². The summed E-state index contributed by atoms with van der Waals surface area (Å²) in [6.45, 7) is 7.61. The minimum Gasteiger partial charge on any atom is -0.454 e. The molecule has 5 heteroatoms. The molecular weight excluding hydrogens is 374 g/mol. The van der Waals surface area contributed by atoms with E-state index in [4.69, 9.17) is 16.3 Å². The number of hydrogen-bond acceptors (Lipinski definition) is 3. The largest absolute Gasteiger partial charge is 0.454 e. The van der Waals surface area contributed by atoms with E-state index in [1.807, 2.05) is 38.3 Å². The number of aryl methyl sites for hydroxylation is 3. The Hall–Kier alpha value is -2.85. The average molecular weight is 396 g/mol. The number of nitrogens with zero attached hydrogens (tertiary/aromatic N) is 1. The van der Waals surface area contributed by atoms with E-state index < -0.39 is 5.97 Å². The third kappa shape index (κ3) is 4.02. The molecule has 0 unspecified atom stereocenters. The van der Waals surface area contributed by atoms with Crippen molar-refractivity contribution in [3.63, 3.8) is 0 Å². The fourth-order valence-electron chi connectivity index (χ4n) is 3.44. The Morgan fingerprint density at radius 3 is 2.21 bits per heavy atom. The van der Waals surface area contributed by atoms with Crippen LogP contribution in [0.2, 0.25) is 5.02 Å². The quantitative estimate of drug-likeness (QED) is 0.429. The van der Waals surface area contributed by atoms with Gasteiger partial charge in [-0.3, -0.25) is 4.79 Å². The molecule has 1 heterocycles. The van der Waals surface area contributed by atoms with E-state index in [2.05, 4.69) is 18.2 Å². The number of esters is 1. The number of ketones is 1. The van der Waals surface area contributed by atoms with Gasteiger partial charge in [-0.25, -0.2) is 4.79 Å². The van der Waals surface area contributed by atoms with Crippen molar-refractivity contribution in [1.29, 1.82) is 0 Å². The van der Waals surface area contributed by atoms with Crippen LogP contribution in [-0.4, -0.2) is 22.9 Å². The SMILES string of the molecule is Cc1cc(C)cc(-n2c(C)cc(C(=O)COC(=O)c3ccccc3Cl)c2C)c1. The lowest BCUT2D eigenvalue weighted by molar-refractivity contribution is 0.0474. The average Bonchev–Trinajstić information content (AvgIpc) is 2.93. The van der Waals surface area contributed by atoms with Crippen molar-refractivity contribution in [1.82, 2.24) is 4.57 Å². The summed E-state index contributed by atoms with van der Waals surface area (Å²) in [6, 6.07) is 14.7. The van der Waals surface area contributed by atoms with Gasteiger partial charge < -0.3 is 9.30 Å². The summed E-state index contributed by atoms with van der Waals surface area (Å²) in [5.74, 6) is -0.855. The first-order valence-electron chi connectivity index (χ1n) is 9.00. The second-order valence-electron chi connectivity index (χ2n) is 6.95. The summed E-state index contributed by atoms with van der Waals surface area (Å²) < 4.78 is 7.24. The Bertz CT molecular complexity index is 1050. The van der Waals surface area contributed by atoms with Crippen molar-refractivity contribution in [2.45, 2.75) is 27.7 Å². The van der Waals surface area contributed by atoms with Crippen LogP contribution in [0.4, 0.5) is 0 Å². The van der Waals surface area contributed by atoms with Gasteiger partial charge in [0.1, 0.15) is 0 Å². The molecule has 0 atom stereocenters. The smallest absolute Gasteiger partial charge is 0.340 e. The van der Waals surface area contributed by atoms with Crippen molar-refractivity contribution < 1.29 is 14.3 Å². The first kappa shape index (κ1) is 19.9. The summed E-state index contributed by atoms with van der Waals surface area (Å²) in [4.78, 5) is 24.9. The second-order valence-corrected chi connectivity index (χ2v) is 7.35. The van der Waals surface area contributed by atoms with E-state index in [0.29, 0.717) is 10.6 Å². The third-order valence-electron chi connectivity index (χ3n) is 4.62. The van der Waals surface area contributed by atoms with Gasteiger partial charge in [-0.15, -0.1) is 0 Å². The zero-order chi connectivity index (χ0) is 20.4. The predicted octanol–water partition coefficient (Wildman–Crippen LogP) is 5.40. The molecule has 0 amide bonds. The van der Waals surface area contributed by atoms with Crippen LogP contribution >= 0.6 is 11.6 Å². The Morgan fingerprint density at radius 2 is 1.57 bits per heavy atom. The topological polar surface area (TPSA) is 48.3 Å². The zero-order valence-electron chi connectivity index (χ0n) is 16.4. The molecule has 0 radical (unpaired) electrons. The van der Waals surface area contributed by atoms with E-state index >= 15 is 0 Å². The van der Waals surface area contributed by atoms with E-state index in [-0.39, 0.29) is 18.0 Å². The molecule has 0 saturated heterocycles. The molecule has 0 bridgehead atoms. The number of rotatable bonds is 5. The van der Waals surface area contributed by atoms with Crippen LogP contribution in [0.25, 0.3) is 5.69 Å². The number of benzene rings is 2. The van der Waals surface area contributed by atoms with E-state index in [1.165, 1.54) is 0 Å². The molecule has 28 heavy (non-hydrogen) atoms. The summed E-state index contributed by atoms with van der Waals surface area (Å²) >= 11 is 6.00. The highest BCUT2D eigenvalue weighted by molar-refractivity contribution is 6.33. The molecule has 0 fully saturated rings. The molecule has 2 aromatic carbocycles. The van der Waals surface area contributed by atoms with Gasteiger partial charge in [-0.05, 0) is 69.2 Å². The van der Waals surface area contributed by atoms with E-state index in [1.54, 1.807) is 24.3 Å². The molecule has 3 aromatic rings. The molecule has 4 nitrogen and oxygen atoms in total. The van der Waals surface area contributed by atoms with Gasteiger partial charge in [0.25, 0.3) is 0 Å². The van der Waals surface area contributed by atoms with Crippen molar-refractivity contribution in [3.05, 3.63) is 87.2 Å². The predicted molar refractivity (Wildman–Crippen MR) is 111 cm³/mol. The molecule has 0 saturated carbocycles. The van der Waals surface area contributed by atoms with Gasteiger partial charge in [-0.2, -0.15) is 0 Å². The molecule has 0 aliphatic rings. The fraction of sp³-hybridized carbons (Fsp3) is 0.217. The van der Waals surface area contributed by atoms with Gasteiger partial charge in [0.2, 0.25) is 5.78 Å². The third-order valence-corrected chi connectivity index (χ3v) is 4.95. The molecule has 0 N–H and O–H groups in total. The molecule has 0 aliphatic heterocycles. The maximum absolute atomic E-state index is 12.7. The Kier molecular flexibility index (Phi) is 5.71. The van der Waals surface area contributed by atoms with Crippen LogP contribution in [0.1, 0.15) is 43.2 Å². The van der Waals surface area contributed by atoms with Crippen LogP contribution in [0.15, 0.2) is 48.5 Å². The Labute approximate surface area is 169 Å². The number of ether oxygens (including phenoxy) is 1. The highest BCUT2D eigenvalue weighted by Crippen LogP contribution is 2.23. The number of Topliss-reactive ketones (excluding diaryl/α,β-unsaturated/α-hetero) is 1. The monoisotopic (exact) mass is 395 g/mol. The summed E-state index contributed by atoms with van der Waals surface area (Å²) in [6.07, 6.45) is 0. The lowest BCUT2D eigenvalue weighted by Gasteiger charge is -2.12. The zero-order valence-corrected chi connectivity index (χ0v) is 17.1. The van der Waals surface area contributed by atoms with E-state index in [9.17, 15) is 9.59 Å². The Balaban J connectivity index is 1.82. The Morgan fingerprint density at radius 1 is 0.929 bits per heavy atom. The van der Waals surface area contributed by atoms with Gasteiger partial charge in [-0.1, -0.05) is 29.8 Å². The van der Waals surface area contributed by atoms with Crippen LogP contribution in [0, 0.1) is 27.7 Å². The van der Waals surface area contributed by atoms with Crippen LogP contribution < -0.4 is 0 Å². The molecule has 0 aliphatic carbocycles. The van der Waals surface area contributed by atoms with E-state index in [0.717, 1.165) is 28.2 Å². The molecule has 0 spiro atoms. The second kappa shape index (κ2) is 8.03. The molecule has 144 valence electrons. The summed E-state index contributed by atoms with van der Waals surface area (Å²) in [5, 5.41) is 0.299. The van der Waals surface area contributed by atoms with Crippen molar-refractivity contribution >= 4 is 23.4 Å². The van der Waals surface area contributed by atoms with Gasteiger partial charge >= 0.3 is 5.97 Å². The number of carbonyl (C=O) groups excluding carboxylic acids is 2. The fourth-order valence-corrected chi connectivity index (χ4v) is 3.65. The number of halogens is 1. The van der Waals surface area contributed by atoms with Gasteiger partial charge in [0.05, 0.1) is 10.6 Å². The first-order chi connectivity index (χ1) is 13.3. The number of hydrogen-bond donors (Lipinski definition) is 0. The molecular formula is C23H22ClNO3. The van der Waals surface area contributed by atoms with Crippen molar-refractivity contribution in [2.75, 3.05) is 6.61 Å². The summed E-state index contributed by atoms with van der Waals surface area (Å²) in [7, 11) is 0. The van der Waals surface area contributed by atoms with Crippen LogP contribution in [0.3, 0.4) is 0 Å². The lowest BCUT2D eigenvalue weighted by Crippen LogP contribution is -2.15. The van der Waals surface area contributed by atoms with Crippen LogP contribution in [0.5, 0.6) is 0 Å². The minimum atomic E-state index is -0.609. The summed E-state index contributed by atoms with van der Waals surface area (Å²) in [5.41, 5.74) is 5.89. The lowest BCUT2D eigenvalue weighted by atomic mass is 10.1. The molecule has 3 rings (SSSR count). The number of aromatic nitrogens is 1. The number of carbonyl (C=O) groups is 2.